The maximum atomic E-state index is 13.6. The first kappa shape index (κ1) is 16.4. The van der Waals surface area contributed by atoms with Gasteiger partial charge in [-0.05, 0) is 60.2 Å². The Labute approximate surface area is 156 Å². The number of halogens is 1. The molecular formula is C22H21FN2O2. The molecule has 2 aliphatic rings. The van der Waals surface area contributed by atoms with E-state index in [4.69, 9.17) is 4.74 Å². The second-order valence-electron chi connectivity index (χ2n) is 7.44. The fourth-order valence-electron chi connectivity index (χ4n) is 4.33. The third-order valence-electron chi connectivity index (χ3n) is 5.63. The molecule has 4 nitrogen and oxygen atoms in total. The molecule has 0 saturated carbocycles. The summed E-state index contributed by atoms with van der Waals surface area (Å²) in [5.41, 5.74) is 5.25. The first-order valence-corrected chi connectivity index (χ1v) is 9.51. The van der Waals surface area contributed by atoms with Crippen LogP contribution in [0.2, 0.25) is 0 Å². The van der Waals surface area contributed by atoms with Crippen LogP contribution in [0.3, 0.4) is 0 Å². The number of rotatable bonds is 3. The van der Waals surface area contributed by atoms with Crippen LogP contribution in [-0.2, 0) is 24.1 Å². The van der Waals surface area contributed by atoms with Gasteiger partial charge in [-0.25, -0.2) is 4.39 Å². The van der Waals surface area contributed by atoms with Crippen LogP contribution in [0.15, 0.2) is 36.4 Å². The van der Waals surface area contributed by atoms with E-state index in [1.807, 2.05) is 12.1 Å². The summed E-state index contributed by atoms with van der Waals surface area (Å²) < 4.78 is 19.2. The molecule has 138 valence electrons. The number of carbonyl (C=O) groups is 1. The van der Waals surface area contributed by atoms with Crippen molar-refractivity contribution in [2.75, 3.05) is 6.61 Å². The van der Waals surface area contributed by atoms with Crippen molar-refractivity contribution in [3.63, 3.8) is 0 Å². The minimum absolute atomic E-state index is 0.00404. The lowest BCUT2D eigenvalue weighted by Gasteiger charge is -2.24. The Kier molecular flexibility index (Phi) is 3.88. The highest BCUT2D eigenvalue weighted by Crippen LogP contribution is 2.35. The van der Waals surface area contributed by atoms with Crippen molar-refractivity contribution in [2.24, 2.45) is 0 Å². The summed E-state index contributed by atoms with van der Waals surface area (Å²) >= 11 is 0. The monoisotopic (exact) mass is 364 g/mol. The van der Waals surface area contributed by atoms with Gasteiger partial charge >= 0.3 is 0 Å². The second kappa shape index (κ2) is 6.41. The van der Waals surface area contributed by atoms with Crippen LogP contribution < -0.4 is 10.1 Å². The smallest absolute Gasteiger partial charge is 0.224 e. The molecule has 0 saturated heterocycles. The van der Waals surface area contributed by atoms with Crippen molar-refractivity contribution in [2.45, 2.75) is 38.1 Å². The number of carbonyl (C=O) groups excluding carboxylic acids is 1. The molecule has 3 aromatic rings. The molecule has 27 heavy (non-hydrogen) atoms. The molecule has 1 amide bonds. The molecule has 2 N–H and O–H groups in total. The number of hydrogen-bond donors (Lipinski definition) is 2. The summed E-state index contributed by atoms with van der Waals surface area (Å²) in [6.07, 6.45) is 4.05. The highest BCUT2D eigenvalue weighted by molar-refractivity contribution is 5.86. The van der Waals surface area contributed by atoms with Crippen LogP contribution in [0, 0.1) is 5.82 Å². The zero-order valence-corrected chi connectivity index (χ0v) is 15.0. The number of hydrogen-bond acceptors (Lipinski definition) is 2. The quantitative estimate of drug-likeness (QED) is 0.739. The van der Waals surface area contributed by atoms with Crippen LogP contribution >= 0.6 is 0 Å². The van der Waals surface area contributed by atoms with Crippen LogP contribution in [0.1, 0.15) is 41.3 Å². The molecule has 5 rings (SSSR count). The van der Waals surface area contributed by atoms with Crippen molar-refractivity contribution in [1.82, 2.24) is 10.3 Å². The lowest BCUT2D eigenvalue weighted by molar-refractivity contribution is -0.121. The summed E-state index contributed by atoms with van der Waals surface area (Å²) in [4.78, 5) is 16.0. The molecule has 1 atom stereocenters. The van der Waals surface area contributed by atoms with Crippen molar-refractivity contribution >= 4 is 16.8 Å². The number of H-pyrrole nitrogens is 1. The van der Waals surface area contributed by atoms with E-state index in [9.17, 15) is 9.18 Å². The lowest BCUT2D eigenvalue weighted by atomic mass is 9.91. The molecule has 0 spiro atoms. The minimum atomic E-state index is -0.228. The molecule has 2 aromatic carbocycles. The topological polar surface area (TPSA) is 54.1 Å². The number of ether oxygens (including phenoxy) is 1. The molecule has 0 fully saturated rings. The molecule has 1 aliphatic carbocycles. The van der Waals surface area contributed by atoms with E-state index in [1.165, 1.54) is 11.6 Å². The van der Waals surface area contributed by atoms with Gasteiger partial charge in [0.15, 0.2) is 0 Å². The van der Waals surface area contributed by atoms with Gasteiger partial charge in [-0.15, -0.1) is 0 Å². The highest BCUT2D eigenvalue weighted by Gasteiger charge is 2.26. The number of nitrogens with one attached hydrogen (secondary N) is 2. The summed E-state index contributed by atoms with van der Waals surface area (Å²) in [6.45, 7) is 0.719. The number of benzene rings is 2. The molecule has 5 heteroatoms. The molecule has 0 radical (unpaired) electrons. The predicted octanol–water partition coefficient (Wildman–Crippen LogP) is 3.98. The van der Waals surface area contributed by atoms with Crippen molar-refractivity contribution in [3.05, 3.63) is 64.6 Å². The van der Waals surface area contributed by atoms with Crippen molar-refractivity contribution in [3.8, 4) is 5.75 Å². The minimum Gasteiger partial charge on any atom is -0.493 e. The predicted molar refractivity (Wildman–Crippen MR) is 101 cm³/mol. The Morgan fingerprint density at radius 1 is 1.22 bits per heavy atom. The van der Waals surface area contributed by atoms with Gasteiger partial charge in [0.1, 0.15) is 11.6 Å². The second-order valence-corrected chi connectivity index (χ2v) is 7.44. The van der Waals surface area contributed by atoms with Gasteiger partial charge in [-0.3, -0.25) is 4.79 Å². The Bertz CT molecular complexity index is 1040. The fraction of sp³-hybridized carbons (Fsp3) is 0.318. The lowest BCUT2D eigenvalue weighted by Crippen LogP contribution is -2.32. The highest BCUT2D eigenvalue weighted by atomic mass is 19.1. The van der Waals surface area contributed by atoms with Gasteiger partial charge < -0.3 is 15.0 Å². The van der Waals surface area contributed by atoms with Crippen molar-refractivity contribution in [1.29, 1.82) is 0 Å². The molecule has 1 aromatic heterocycles. The summed E-state index contributed by atoms with van der Waals surface area (Å²) in [5.74, 6) is 0.669. The normalized spacial score (nSPS) is 18.0. The zero-order chi connectivity index (χ0) is 18.4. The van der Waals surface area contributed by atoms with E-state index in [0.29, 0.717) is 6.42 Å². The molecule has 0 bridgehead atoms. The summed E-state index contributed by atoms with van der Waals surface area (Å²) in [6, 6.07) is 10.8. The summed E-state index contributed by atoms with van der Waals surface area (Å²) in [7, 11) is 0. The average molecular weight is 364 g/mol. The Morgan fingerprint density at radius 2 is 2.15 bits per heavy atom. The van der Waals surface area contributed by atoms with Gasteiger partial charge in [0.25, 0.3) is 0 Å². The van der Waals surface area contributed by atoms with E-state index in [2.05, 4.69) is 16.4 Å². The van der Waals surface area contributed by atoms with Crippen molar-refractivity contribution < 1.29 is 13.9 Å². The van der Waals surface area contributed by atoms with Crippen LogP contribution in [0.25, 0.3) is 10.9 Å². The van der Waals surface area contributed by atoms with Gasteiger partial charge in [0.05, 0.1) is 19.1 Å². The van der Waals surface area contributed by atoms with Gasteiger partial charge in [-0.1, -0.05) is 12.1 Å². The SMILES string of the molecule is O=C(Cc1ccc2c(c1)OCC2)N[C@H]1CCCc2c1[nH]c1ccc(F)cc21. The average Bonchev–Trinajstić information content (AvgIpc) is 3.26. The number of aryl methyl sites for hydroxylation is 1. The Morgan fingerprint density at radius 3 is 3.07 bits per heavy atom. The number of aromatic nitrogens is 1. The van der Waals surface area contributed by atoms with Crippen LogP contribution in [0.4, 0.5) is 4.39 Å². The first-order valence-electron chi connectivity index (χ1n) is 9.51. The summed E-state index contributed by atoms with van der Waals surface area (Å²) in [5, 5.41) is 4.09. The number of fused-ring (bicyclic) bond motifs is 4. The van der Waals surface area contributed by atoms with E-state index in [0.717, 1.165) is 65.8 Å². The number of amides is 1. The maximum absolute atomic E-state index is 13.6. The van der Waals surface area contributed by atoms with Crippen LogP contribution in [0.5, 0.6) is 5.75 Å². The zero-order valence-electron chi connectivity index (χ0n) is 15.0. The fourth-order valence-corrected chi connectivity index (χ4v) is 4.33. The third kappa shape index (κ3) is 2.97. The first-order chi connectivity index (χ1) is 13.2. The van der Waals surface area contributed by atoms with E-state index in [1.54, 1.807) is 12.1 Å². The molecule has 2 heterocycles. The van der Waals surface area contributed by atoms with E-state index < -0.39 is 0 Å². The standard InChI is InChI=1S/C22H21FN2O2/c23-15-6-7-18-17(12-15)16-2-1-3-19(22(16)25-18)24-21(26)11-13-4-5-14-8-9-27-20(14)10-13/h4-7,10,12,19,25H,1-3,8-9,11H2,(H,24,26)/t19-/m0/s1. The third-order valence-corrected chi connectivity index (χ3v) is 5.63. The maximum Gasteiger partial charge on any atom is 0.224 e. The van der Waals surface area contributed by atoms with Gasteiger partial charge in [0.2, 0.25) is 5.91 Å². The van der Waals surface area contributed by atoms with Gasteiger partial charge in [-0.2, -0.15) is 0 Å². The largest absolute Gasteiger partial charge is 0.493 e. The van der Waals surface area contributed by atoms with Crippen LogP contribution in [-0.4, -0.2) is 17.5 Å². The Balaban J connectivity index is 1.36. The molecule has 0 unspecified atom stereocenters. The Hall–Kier alpha value is -2.82. The van der Waals surface area contributed by atoms with Gasteiger partial charge in [0, 0.05) is 23.0 Å². The van der Waals surface area contributed by atoms with E-state index in [-0.39, 0.29) is 17.8 Å². The molecule has 1 aliphatic heterocycles. The number of aromatic amines is 1. The molecular weight excluding hydrogens is 343 g/mol. The van der Waals surface area contributed by atoms with E-state index >= 15 is 0 Å².